The Morgan fingerprint density at radius 2 is 2.20 bits per heavy atom. The molecule has 1 rings (SSSR count). The molecular weight excluding hydrogens is 236 g/mol. The van der Waals surface area contributed by atoms with Gasteiger partial charge in [-0.15, -0.1) is 6.42 Å². The average Bonchev–Trinajstić information content (AvgIpc) is 2.14. The minimum Gasteiger partial charge on any atom is -0.480 e. The standard InChI is InChI=1S/C10H9ClO3S/c1-3-6-14-9-5-4-8(2)7-10(9)15(11,12)13/h1,4-5,7H,6H2,2H3. The van der Waals surface area contributed by atoms with Crippen molar-refractivity contribution in [3.05, 3.63) is 23.8 Å². The number of terminal acetylenes is 1. The van der Waals surface area contributed by atoms with E-state index in [0.717, 1.165) is 5.56 Å². The van der Waals surface area contributed by atoms with Crippen molar-refractivity contribution >= 4 is 19.7 Å². The van der Waals surface area contributed by atoms with Crippen LogP contribution < -0.4 is 4.74 Å². The van der Waals surface area contributed by atoms with Gasteiger partial charge in [0.05, 0.1) is 0 Å². The molecule has 0 aliphatic rings. The molecular formula is C10H9ClO3S. The molecule has 15 heavy (non-hydrogen) atoms. The van der Waals surface area contributed by atoms with Crippen molar-refractivity contribution in [2.24, 2.45) is 0 Å². The number of hydrogen-bond donors (Lipinski definition) is 0. The van der Waals surface area contributed by atoms with Crippen molar-refractivity contribution in [1.29, 1.82) is 0 Å². The Hall–Kier alpha value is -1.18. The topological polar surface area (TPSA) is 43.4 Å². The Labute approximate surface area is 93.4 Å². The summed E-state index contributed by atoms with van der Waals surface area (Å²) < 4.78 is 27.5. The van der Waals surface area contributed by atoms with Crippen LogP contribution in [0.3, 0.4) is 0 Å². The first kappa shape index (κ1) is 11.9. The third kappa shape index (κ3) is 3.15. The lowest BCUT2D eigenvalue weighted by atomic mass is 10.2. The molecule has 0 bridgehead atoms. The third-order valence-corrected chi connectivity index (χ3v) is 3.02. The van der Waals surface area contributed by atoms with Gasteiger partial charge in [-0.05, 0) is 24.6 Å². The van der Waals surface area contributed by atoms with E-state index >= 15 is 0 Å². The second-order valence-corrected chi connectivity index (χ2v) is 5.42. The molecule has 0 aliphatic heterocycles. The molecule has 5 heteroatoms. The molecule has 0 spiro atoms. The second kappa shape index (κ2) is 4.56. The van der Waals surface area contributed by atoms with Gasteiger partial charge in [0.25, 0.3) is 9.05 Å². The Kier molecular flexibility index (Phi) is 3.61. The summed E-state index contributed by atoms with van der Waals surface area (Å²) >= 11 is 0. The van der Waals surface area contributed by atoms with Crippen LogP contribution in [0.15, 0.2) is 23.1 Å². The summed E-state index contributed by atoms with van der Waals surface area (Å²) in [7, 11) is 1.45. The number of aryl methyl sites for hydroxylation is 1. The molecule has 80 valence electrons. The van der Waals surface area contributed by atoms with Gasteiger partial charge in [-0.25, -0.2) is 8.42 Å². The monoisotopic (exact) mass is 244 g/mol. The summed E-state index contributed by atoms with van der Waals surface area (Å²) in [5.41, 5.74) is 0.780. The van der Waals surface area contributed by atoms with Crippen LogP contribution in [0.2, 0.25) is 0 Å². The minimum absolute atomic E-state index is 0.00245. The molecule has 0 aromatic heterocycles. The summed E-state index contributed by atoms with van der Waals surface area (Å²) in [6.45, 7) is 1.76. The fraction of sp³-hybridized carbons (Fsp3) is 0.200. The van der Waals surface area contributed by atoms with E-state index in [-0.39, 0.29) is 17.3 Å². The second-order valence-electron chi connectivity index (χ2n) is 2.88. The van der Waals surface area contributed by atoms with E-state index in [9.17, 15) is 8.42 Å². The maximum Gasteiger partial charge on any atom is 0.264 e. The van der Waals surface area contributed by atoms with E-state index in [1.807, 2.05) is 0 Å². The smallest absolute Gasteiger partial charge is 0.264 e. The first-order chi connectivity index (χ1) is 6.95. The van der Waals surface area contributed by atoms with Gasteiger partial charge in [-0.3, -0.25) is 0 Å². The van der Waals surface area contributed by atoms with Gasteiger partial charge in [-0.2, -0.15) is 0 Å². The Morgan fingerprint density at radius 1 is 1.53 bits per heavy atom. The zero-order chi connectivity index (χ0) is 11.5. The van der Waals surface area contributed by atoms with Crippen molar-refractivity contribution < 1.29 is 13.2 Å². The van der Waals surface area contributed by atoms with Gasteiger partial charge >= 0.3 is 0 Å². The molecule has 0 saturated carbocycles. The van der Waals surface area contributed by atoms with E-state index in [1.165, 1.54) is 12.1 Å². The SMILES string of the molecule is C#CCOc1ccc(C)cc1S(=O)(=O)Cl. The zero-order valence-electron chi connectivity index (χ0n) is 8.03. The highest BCUT2D eigenvalue weighted by molar-refractivity contribution is 8.13. The highest BCUT2D eigenvalue weighted by Crippen LogP contribution is 2.27. The van der Waals surface area contributed by atoms with Crippen LogP contribution in [-0.2, 0) is 9.05 Å². The molecule has 1 aromatic carbocycles. The molecule has 0 amide bonds. The largest absolute Gasteiger partial charge is 0.480 e. The summed E-state index contributed by atoms with van der Waals surface area (Å²) in [5, 5.41) is 0. The van der Waals surface area contributed by atoms with Crippen LogP contribution in [-0.4, -0.2) is 15.0 Å². The van der Waals surface area contributed by atoms with E-state index in [2.05, 4.69) is 5.92 Å². The predicted molar refractivity (Wildman–Crippen MR) is 58.5 cm³/mol. The van der Waals surface area contributed by atoms with Crippen LogP contribution in [0.5, 0.6) is 5.75 Å². The summed E-state index contributed by atoms with van der Waals surface area (Å²) in [6.07, 6.45) is 5.01. The van der Waals surface area contributed by atoms with Crippen molar-refractivity contribution in [2.45, 2.75) is 11.8 Å². The first-order valence-electron chi connectivity index (χ1n) is 4.06. The van der Waals surface area contributed by atoms with Gasteiger partial charge < -0.3 is 4.74 Å². The molecule has 0 fully saturated rings. The highest BCUT2D eigenvalue weighted by atomic mass is 35.7. The Bertz CT molecular complexity index is 500. The molecule has 0 heterocycles. The summed E-state index contributed by atoms with van der Waals surface area (Å²) in [5.74, 6) is 2.42. The van der Waals surface area contributed by atoms with Crippen molar-refractivity contribution in [3.8, 4) is 18.1 Å². The number of benzene rings is 1. The van der Waals surface area contributed by atoms with E-state index < -0.39 is 9.05 Å². The third-order valence-electron chi connectivity index (χ3n) is 1.67. The van der Waals surface area contributed by atoms with E-state index in [4.69, 9.17) is 21.8 Å². The molecule has 0 unspecified atom stereocenters. The molecule has 0 saturated heterocycles. The fourth-order valence-electron chi connectivity index (χ4n) is 1.04. The van der Waals surface area contributed by atoms with Crippen molar-refractivity contribution in [3.63, 3.8) is 0 Å². The normalized spacial score (nSPS) is 10.7. The van der Waals surface area contributed by atoms with Gasteiger partial charge in [-0.1, -0.05) is 12.0 Å². The van der Waals surface area contributed by atoms with Crippen LogP contribution in [0.4, 0.5) is 0 Å². The summed E-state index contributed by atoms with van der Waals surface area (Å²) in [6, 6.07) is 4.69. The van der Waals surface area contributed by atoms with E-state index in [1.54, 1.807) is 13.0 Å². The molecule has 0 aliphatic carbocycles. The van der Waals surface area contributed by atoms with Gasteiger partial charge in [0.15, 0.2) is 0 Å². The van der Waals surface area contributed by atoms with E-state index in [0.29, 0.717) is 0 Å². The molecule has 0 atom stereocenters. The maximum atomic E-state index is 11.2. The first-order valence-corrected chi connectivity index (χ1v) is 6.37. The fourth-order valence-corrected chi connectivity index (χ4v) is 2.10. The predicted octanol–water partition coefficient (Wildman–Crippen LogP) is 1.93. The van der Waals surface area contributed by atoms with Crippen LogP contribution in [0.25, 0.3) is 0 Å². The van der Waals surface area contributed by atoms with Gasteiger partial charge in [0.2, 0.25) is 0 Å². The van der Waals surface area contributed by atoms with Gasteiger partial charge in [0.1, 0.15) is 17.3 Å². The quantitative estimate of drug-likeness (QED) is 0.603. The number of halogens is 1. The van der Waals surface area contributed by atoms with Crippen LogP contribution >= 0.6 is 10.7 Å². The maximum absolute atomic E-state index is 11.2. The number of rotatable bonds is 3. The summed E-state index contributed by atoms with van der Waals surface area (Å²) in [4.78, 5) is -0.0561. The molecule has 3 nitrogen and oxygen atoms in total. The van der Waals surface area contributed by atoms with Gasteiger partial charge in [0, 0.05) is 10.7 Å². The average molecular weight is 245 g/mol. The Balaban J connectivity index is 3.22. The number of hydrogen-bond acceptors (Lipinski definition) is 3. The lowest BCUT2D eigenvalue weighted by Crippen LogP contribution is -2.00. The van der Waals surface area contributed by atoms with Crippen molar-refractivity contribution in [2.75, 3.05) is 6.61 Å². The van der Waals surface area contributed by atoms with Crippen LogP contribution in [0, 0.1) is 19.3 Å². The Morgan fingerprint density at radius 3 is 2.73 bits per heavy atom. The minimum atomic E-state index is -3.81. The van der Waals surface area contributed by atoms with Crippen LogP contribution in [0.1, 0.15) is 5.56 Å². The van der Waals surface area contributed by atoms with Crippen molar-refractivity contribution in [1.82, 2.24) is 0 Å². The lowest BCUT2D eigenvalue weighted by Gasteiger charge is -2.07. The molecule has 0 N–H and O–H groups in total. The lowest BCUT2D eigenvalue weighted by molar-refractivity contribution is 0.360. The molecule has 1 aromatic rings. The highest BCUT2D eigenvalue weighted by Gasteiger charge is 2.16. The number of ether oxygens (including phenoxy) is 1. The molecule has 0 radical (unpaired) electrons. The zero-order valence-corrected chi connectivity index (χ0v) is 9.60.